The van der Waals surface area contributed by atoms with Gasteiger partial charge in [0.25, 0.3) is 0 Å². The Morgan fingerprint density at radius 3 is 2.62 bits per heavy atom. The molecule has 0 aliphatic heterocycles. The van der Waals surface area contributed by atoms with Crippen molar-refractivity contribution in [1.82, 2.24) is 19.9 Å². The number of hydrogen-bond donors (Lipinski definition) is 2. The highest BCUT2D eigenvalue weighted by Gasteiger charge is 2.20. The van der Waals surface area contributed by atoms with Crippen LogP contribution in [-0.4, -0.2) is 43.0 Å². The van der Waals surface area contributed by atoms with E-state index in [0.29, 0.717) is 22.5 Å². The fraction of sp³-hybridized carbons (Fsp3) is 0.300. The molecular formula is C20H24N4O3S2. The van der Waals surface area contributed by atoms with Crippen molar-refractivity contribution in [2.24, 2.45) is 0 Å². The zero-order chi connectivity index (χ0) is 20.9. The van der Waals surface area contributed by atoms with Gasteiger partial charge >= 0.3 is 0 Å². The molecule has 0 amide bonds. The van der Waals surface area contributed by atoms with Gasteiger partial charge in [-0.05, 0) is 23.6 Å². The average molecular weight is 433 g/mol. The van der Waals surface area contributed by atoms with Crippen LogP contribution in [0.4, 0.5) is 0 Å². The average Bonchev–Trinajstić information content (AvgIpc) is 3.20. The van der Waals surface area contributed by atoms with Crippen LogP contribution in [0.2, 0.25) is 0 Å². The molecule has 3 aromatic rings. The number of rotatable bonds is 9. The summed E-state index contributed by atoms with van der Waals surface area (Å²) >= 11 is 1.38. The molecule has 0 saturated carbocycles. The van der Waals surface area contributed by atoms with E-state index < -0.39 is 10.0 Å². The Labute approximate surface area is 175 Å². The first-order valence-corrected chi connectivity index (χ1v) is 11.7. The van der Waals surface area contributed by atoms with Gasteiger partial charge in [-0.15, -0.1) is 5.10 Å². The zero-order valence-electron chi connectivity index (χ0n) is 16.5. The normalized spacial score (nSPS) is 11.7. The molecule has 0 fully saturated rings. The van der Waals surface area contributed by atoms with E-state index in [9.17, 15) is 8.42 Å². The Morgan fingerprint density at radius 2 is 1.93 bits per heavy atom. The van der Waals surface area contributed by atoms with Crippen molar-refractivity contribution in [3.05, 3.63) is 54.1 Å². The van der Waals surface area contributed by atoms with Gasteiger partial charge in [0.2, 0.25) is 15.2 Å². The van der Waals surface area contributed by atoms with Gasteiger partial charge in [0.05, 0.1) is 7.11 Å². The molecule has 0 bridgehead atoms. The molecular weight excluding hydrogens is 408 g/mol. The number of hydrogen-bond acceptors (Lipinski definition) is 6. The molecule has 154 valence electrons. The summed E-state index contributed by atoms with van der Waals surface area (Å²) in [6.45, 7) is 4.28. The fourth-order valence-electron chi connectivity index (χ4n) is 2.69. The summed E-state index contributed by atoms with van der Waals surface area (Å²) in [5.41, 5.74) is 1.89. The van der Waals surface area contributed by atoms with Gasteiger partial charge in [0.1, 0.15) is 10.6 Å². The topological polar surface area (TPSA) is 97.0 Å². The summed E-state index contributed by atoms with van der Waals surface area (Å²) in [4.78, 5) is 4.58. The Kier molecular flexibility index (Phi) is 6.94. The number of benzene rings is 2. The van der Waals surface area contributed by atoms with Crippen molar-refractivity contribution < 1.29 is 13.2 Å². The maximum absolute atomic E-state index is 12.7. The quantitative estimate of drug-likeness (QED) is 0.395. The second-order valence-electron chi connectivity index (χ2n) is 6.64. The second kappa shape index (κ2) is 9.43. The number of nitrogens with one attached hydrogen (secondary N) is 2. The maximum Gasteiger partial charge on any atom is 0.244 e. The Morgan fingerprint density at radius 1 is 1.17 bits per heavy atom. The third-order valence-corrected chi connectivity index (χ3v) is 6.61. The number of sulfonamides is 1. The number of H-pyrrole nitrogens is 1. The molecule has 0 saturated heterocycles. The van der Waals surface area contributed by atoms with Crippen LogP contribution in [0.3, 0.4) is 0 Å². The molecule has 1 aromatic heterocycles. The summed E-state index contributed by atoms with van der Waals surface area (Å²) < 4.78 is 33.4. The first-order chi connectivity index (χ1) is 13.9. The van der Waals surface area contributed by atoms with Crippen molar-refractivity contribution in [2.45, 2.75) is 29.8 Å². The van der Waals surface area contributed by atoms with Crippen molar-refractivity contribution >= 4 is 21.8 Å². The van der Waals surface area contributed by atoms with E-state index in [2.05, 4.69) is 19.9 Å². The van der Waals surface area contributed by atoms with Gasteiger partial charge in [0.15, 0.2) is 5.82 Å². The van der Waals surface area contributed by atoms with Crippen molar-refractivity contribution in [3.63, 3.8) is 0 Å². The van der Waals surface area contributed by atoms with Crippen LogP contribution < -0.4 is 9.46 Å². The van der Waals surface area contributed by atoms with Gasteiger partial charge in [-0.3, -0.25) is 5.10 Å². The zero-order valence-corrected chi connectivity index (χ0v) is 18.2. The summed E-state index contributed by atoms with van der Waals surface area (Å²) in [6.07, 6.45) is 0. The van der Waals surface area contributed by atoms with Crippen molar-refractivity contribution in [2.75, 3.05) is 19.4 Å². The third-order valence-electron chi connectivity index (χ3n) is 4.28. The summed E-state index contributed by atoms with van der Waals surface area (Å²) in [5.74, 6) is 1.73. The van der Waals surface area contributed by atoms with E-state index in [-0.39, 0.29) is 17.4 Å². The molecule has 3 rings (SSSR count). The number of ether oxygens (including phenoxy) is 1. The standard InChI is InChI=1S/C20H24N4O3S2/c1-14(2)16-9-10-17(27-3)18(13-16)29(25,26)21-11-12-28-20-22-19(23-24-20)15-7-5-4-6-8-15/h4-10,13-14,21H,11-12H2,1-3H3,(H,22,23,24). The van der Waals surface area contributed by atoms with E-state index in [4.69, 9.17) is 4.74 Å². The molecule has 2 aromatic carbocycles. The van der Waals surface area contributed by atoms with Crippen LogP contribution in [-0.2, 0) is 10.0 Å². The van der Waals surface area contributed by atoms with E-state index in [1.54, 1.807) is 12.1 Å². The van der Waals surface area contributed by atoms with Gasteiger partial charge in [0, 0.05) is 17.9 Å². The van der Waals surface area contributed by atoms with Crippen molar-refractivity contribution in [3.8, 4) is 17.1 Å². The van der Waals surface area contributed by atoms with E-state index in [1.165, 1.54) is 18.9 Å². The minimum absolute atomic E-state index is 0.153. The second-order valence-corrected chi connectivity index (χ2v) is 9.44. The van der Waals surface area contributed by atoms with Crippen LogP contribution in [0.1, 0.15) is 25.3 Å². The van der Waals surface area contributed by atoms with Crippen LogP contribution in [0, 0.1) is 0 Å². The van der Waals surface area contributed by atoms with Crippen LogP contribution in [0.25, 0.3) is 11.4 Å². The fourth-order valence-corrected chi connectivity index (χ4v) is 4.71. The Bertz CT molecular complexity index is 1050. The highest BCUT2D eigenvalue weighted by Crippen LogP contribution is 2.28. The SMILES string of the molecule is COc1ccc(C(C)C)cc1S(=O)(=O)NCCSc1n[nH]c(-c2ccccc2)n1. The predicted octanol–water partition coefficient (Wildman–Crippen LogP) is 3.67. The maximum atomic E-state index is 12.7. The molecule has 0 spiro atoms. The Balaban J connectivity index is 1.60. The van der Waals surface area contributed by atoms with E-state index in [0.717, 1.165) is 11.1 Å². The number of methoxy groups -OCH3 is 1. The molecule has 1 heterocycles. The molecule has 2 N–H and O–H groups in total. The smallest absolute Gasteiger partial charge is 0.244 e. The monoisotopic (exact) mass is 432 g/mol. The minimum Gasteiger partial charge on any atom is -0.495 e. The highest BCUT2D eigenvalue weighted by molar-refractivity contribution is 7.99. The molecule has 0 aliphatic rings. The Hall–Kier alpha value is -2.36. The van der Waals surface area contributed by atoms with Gasteiger partial charge in [-0.2, -0.15) is 0 Å². The summed E-state index contributed by atoms with van der Waals surface area (Å²) in [5, 5.41) is 7.64. The number of thioether (sulfide) groups is 1. The molecule has 29 heavy (non-hydrogen) atoms. The first-order valence-electron chi connectivity index (χ1n) is 9.19. The van der Waals surface area contributed by atoms with Gasteiger partial charge in [-0.1, -0.05) is 62.0 Å². The lowest BCUT2D eigenvalue weighted by molar-refractivity contribution is 0.402. The van der Waals surface area contributed by atoms with Crippen LogP contribution >= 0.6 is 11.8 Å². The highest BCUT2D eigenvalue weighted by atomic mass is 32.2. The van der Waals surface area contributed by atoms with Gasteiger partial charge < -0.3 is 4.74 Å². The van der Waals surface area contributed by atoms with Crippen molar-refractivity contribution in [1.29, 1.82) is 0 Å². The molecule has 0 unspecified atom stereocenters. The molecule has 9 heteroatoms. The lowest BCUT2D eigenvalue weighted by Crippen LogP contribution is -2.26. The van der Waals surface area contributed by atoms with E-state index >= 15 is 0 Å². The number of aromatic nitrogens is 3. The van der Waals surface area contributed by atoms with E-state index in [1.807, 2.05) is 50.2 Å². The molecule has 0 aliphatic carbocycles. The summed E-state index contributed by atoms with van der Waals surface area (Å²) in [6, 6.07) is 14.9. The lowest BCUT2D eigenvalue weighted by atomic mass is 10.0. The third kappa shape index (κ3) is 5.37. The molecule has 7 nitrogen and oxygen atoms in total. The molecule has 0 atom stereocenters. The lowest BCUT2D eigenvalue weighted by Gasteiger charge is -2.13. The first kappa shape index (κ1) is 21.4. The molecule has 0 radical (unpaired) electrons. The number of nitrogens with zero attached hydrogens (tertiary/aromatic N) is 2. The van der Waals surface area contributed by atoms with Gasteiger partial charge in [-0.25, -0.2) is 18.1 Å². The van der Waals surface area contributed by atoms with Crippen LogP contribution in [0.15, 0.2) is 58.6 Å². The largest absolute Gasteiger partial charge is 0.495 e. The van der Waals surface area contributed by atoms with Crippen LogP contribution in [0.5, 0.6) is 5.75 Å². The summed E-state index contributed by atoms with van der Waals surface area (Å²) in [7, 11) is -2.22. The predicted molar refractivity (Wildman–Crippen MR) is 115 cm³/mol. The minimum atomic E-state index is -3.69. The number of aromatic amines is 1.